The van der Waals surface area contributed by atoms with Gasteiger partial charge in [-0.25, -0.2) is 4.79 Å². The minimum absolute atomic E-state index is 0.0969. The number of hydrogen-bond donors (Lipinski definition) is 2. The van der Waals surface area contributed by atoms with Gasteiger partial charge in [-0.05, 0) is 30.9 Å². The quantitative estimate of drug-likeness (QED) is 0.764. The number of imide groups is 1. The minimum atomic E-state index is -0.515. The molecule has 3 rings (SSSR count). The van der Waals surface area contributed by atoms with Gasteiger partial charge in [-0.1, -0.05) is 31.5 Å². The Balaban J connectivity index is 1.86. The average Bonchev–Trinajstić information content (AvgIpc) is 3.11. The molecule has 2 aromatic rings. The first kappa shape index (κ1) is 19.3. The first-order chi connectivity index (χ1) is 13.1. The molecule has 0 aliphatic heterocycles. The zero-order valence-corrected chi connectivity index (χ0v) is 16.3. The third kappa shape index (κ3) is 4.65. The van der Waals surface area contributed by atoms with Crippen molar-refractivity contribution in [2.24, 2.45) is 5.92 Å². The third-order valence-corrected chi connectivity index (χ3v) is 5.74. The van der Waals surface area contributed by atoms with E-state index in [0.717, 1.165) is 24.2 Å². The summed E-state index contributed by atoms with van der Waals surface area (Å²) in [5, 5.41) is 14.1. The fourth-order valence-electron chi connectivity index (χ4n) is 3.40. The van der Waals surface area contributed by atoms with E-state index < -0.39 is 6.03 Å². The zero-order valence-electron chi connectivity index (χ0n) is 15.5. The molecule has 0 spiro atoms. The summed E-state index contributed by atoms with van der Waals surface area (Å²) in [4.78, 5) is 27.4. The van der Waals surface area contributed by atoms with Gasteiger partial charge < -0.3 is 5.32 Å². The standard InChI is InChI=1S/C18H24N6O2S/c1-12-6-3-4-8-14(12)24-16(13-7-5-9-20-10-13)22-23-18(24)27-11-15(25)21-17(26)19-2/h5,7,9-10,12,14H,3-4,6,8,11H2,1-2H3,(H2,19,21,25,26)/t12-,14-/m0/s1. The van der Waals surface area contributed by atoms with Crippen LogP contribution in [0.1, 0.15) is 38.6 Å². The van der Waals surface area contributed by atoms with E-state index in [1.807, 2.05) is 12.1 Å². The highest BCUT2D eigenvalue weighted by molar-refractivity contribution is 7.99. The van der Waals surface area contributed by atoms with Gasteiger partial charge in [-0.2, -0.15) is 0 Å². The summed E-state index contributed by atoms with van der Waals surface area (Å²) in [7, 11) is 1.47. The number of pyridine rings is 1. The molecule has 1 saturated carbocycles. The van der Waals surface area contributed by atoms with Crippen molar-refractivity contribution in [2.45, 2.75) is 43.8 Å². The number of rotatable bonds is 5. The number of thioether (sulfide) groups is 1. The molecule has 3 amide bonds. The van der Waals surface area contributed by atoms with Crippen LogP contribution in [0.15, 0.2) is 29.7 Å². The molecule has 2 atom stereocenters. The van der Waals surface area contributed by atoms with Crippen molar-refractivity contribution in [3.63, 3.8) is 0 Å². The van der Waals surface area contributed by atoms with E-state index >= 15 is 0 Å². The molecule has 1 aliphatic rings. The summed E-state index contributed by atoms with van der Waals surface area (Å²) in [5.41, 5.74) is 0.907. The Labute approximate surface area is 162 Å². The molecule has 2 N–H and O–H groups in total. The predicted octanol–water partition coefficient (Wildman–Crippen LogP) is 2.64. The SMILES string of the molecule is CNC(=O)NC(=O)CSc1nnc(-c2cccnc2)n1[C@H]1CCCC[C@@H]1C. The minimum Gasteiger partial charge on any atom is -0.341 e. The Bertz CT molecular complexity index is 794. The summed E-state index contributed by atoms with van der Waals surface area (Å²) in [6, 6.07) is 3.61. The maximum atomic E-state index is 12.0. The van der Waals surface area contributed by atoms with Gasteiger partial charge in [-0.3, -0.25) is 19.7 Å². The maximum Gasteiger partial charge on any atom is 0.321 e. The van der Waals surface area contributed by atoms with E-state index in [1.165, 1.54) is 31.7 Å². The average molecular weight is 388 g/mol. The Morgan fingerprint density at radius 1 is 1.30 bits per heavy atom. The Kier molecular flexibility index (Phi) is 6.44. The molecule has 1 fully saturated rings. The van der Waals surface area contributed by atoms with E-state index in [1.54, 1.807) is 12.4 Å². The lowest BCUT2D eigenvalue weighted by Gasteiger charge is -2.31. The molecule has 0 unspecified atom stereocenters. The summed E-state index contributed by atoms with van der Waals surface area (Å²) in [5.74, 6) is 1.01. The Morgan fingerprint density at radius 2 is 2.11 bits per heavy atom. The summed E-state index contributed by atoms with van der Waals surface area (Å²) < 4.78 is 2.15. The fourth-order valence-corrected chi connectivity index (χ4v) is 4.19. The zero-order chi connectivity index (χ0) is 19.2. The summed E-state index contributed by atoms with van der Waals surface area (Å²) in [6.07, 6.45) is 8.13. The molecule has 0 bridgehead atoms. The van der Waals surface area contributed by atoms with Gasteiger partial charge in [0.1, 0.15) is 0 Å². The second-order valence-electron chi connectivity index (χ2n) is 6.66. The highest BCUT2D eigenvalue weighted by Gasteiger charge is 2.29. The number of hydrogen-bond acceptors (Lipinski definition) is 6. The van der Waals surface area contributed by atoms with E-state index in [-0.39, 0.29) is 17.7 Å². The molecule has 2 heterocycles. The monoisotopic (exact) mass is 388 g/mol. The van der Waals surface area contributed by atoms with Crippen molar-refractivity contribution in [3.05, 3.63) is 24.5 Å². The molecule has 1 aliphatic carbocycles. The van der Waals surface area contributed by atoms with Crippen LogP contribution in [0.4, 0.5) is 4.79 Å². The normalized spacial score (nSPS) is 19.5. The number of carbonyl (C=O) groups excluding carboxylic acids is 2. The van der Waals surface area contributed by atoms with Gasteiger partial charge in [0.2, 0.25) is 5.91 Å². The van der Waals surface area contributed by atoms with E-state index in [9.17, 15) is 9.59 Å². The molecule has 0 saturated heterocycles. The van der Waals surface area contributed by atoms with Gasteiger partial charge >= 0.3 is 6.03 Å². The number of nitrogens with one attached hydrogen (secondary N) is 2. The van der Waals surface area contributed by atoms with Gasteiger partial charge in [0.05, 0.1) is 5.75 Å². The van der Waals surface area contributed by atoms with Crippen LogP contribution < -0.4 is 10.6 Å². The molecule has 27 heavy (non-hydrogen) atoms. The van der Waals surface area contributed by atoms with E-state index in [0.29, 0.717) is 11.1 Å². The fraction of sp³-hybridized carbons (Fsp3) is 0.500. The van der Waals surface area contributed by atoms with Crippen LogP contribution in [-0.2, 0) is 4.79 Å². The third-order valence-electron chi connectivity index (χ3n) is 4.79. The van der Waals surface area contributed by atoms with Crippen molar-refractivity contribution in [2.75, 3.05) is 12.8 Å². The number of carbonyl (C=O) groups is 2. The van der Waals surface area contributed by atoms with Crippen molar-refractivity contribution in [3.8, 4) is 11.4 Å². The van der Waals surface area contributed by atoms with E-state index in [4.69, 9.17) is 0 Å². The molecule has 144 valence electrons. The van der Waals surface area contributed by atoms with Crippen LogP contribution in [0.25, 0.3) is 11.4 Å². The number of urea groups is 1. The molecule has 2 aromatic heterocycles. The van der Waals surface area contributed by atoms with Gasteiger partial charge in [0, 0.05) is 31.0 Å². The second kappa shape index (κ2) is 8.98. The van der Waals surface area contributed by atoms with Crippen molar-refractivity contribution >= 4 is 23.7 Å². The summed E-state index contributed by atoms with van der Waals surface area (Å²) in [6.45, 7) is 2.25. The van der Waals surface area contributed by atoms with Crippen LogP contribution in [0.2, 0.25) is 0 Å². The largest absolute Gasteiger partial charge is 0.341 e. The molecule has 9 heteroatoms. The predicted molar refractivity (Wildman–Crippen MR) is 103 cm³/mol. The van der Waals surface area contributed by atoms with Gasteiger partial charge in [0.25, 0.3) is 0 Å². The van der Waals surface area contributed by atoms with Crippen LogP contribution in [-0.4, -0.2) is 44.5 Å². The molecule has 0 aromatic carbocycles. The van der Waals surface area contributed by atoms with Crippen molar-refractivity contribution in [1.82, 2.24) is 30.4 Å². The maximum absolute atomic E-state index is 12.0. The van der Waals surface area contributed by atoms with Gasteiger partial charge in [-0.15, -0.1) is 10.2 Å². The Morgan fingerprint density at radius 3 is 2.81 bits per heavy atom. The van der Waals surface area contributed by atoms with Gasteiger partial charge in [0.15, 0.2) is 11.0 Å². The summed E-state index contributed by atoms with van der Waals surface area (Å²) >= 11 is 1.30. The molecular formula is C18H24N6O2S. The molecule has 0 radical (unpaired) electrons. The lowest BCUT2D eigenvalue weighted by Crippen LogP contribution is -2.38. The topological polar surface area (TPSA) is 102 Å². The highest BCUT2D eigenvalue weighted by Crippen LogP contribution is 2.38. The molecule has 8 nitrogen and oxygen atoms in total. The highest BCUT2D eigenvalue weighted by atomic mass is 32.2. The van der Waals surface area contributed by atoms with Crippen LogP contribution in [0.5, 0.6) is 0 Å². The van der Waals surface area contributed by atoms with Crippen LogP contribution in [0, 0.1) is 5.92 Å². The first-order valence-electron chi connectivity index (χ1n) is 9.09. The Hall–Kier alpha value is -2.42. The number of amides is 3. The van der Waals surface area contributed by atoms with Crippen LogP contribution >= 0.6 is 11.8 Å². The van der Waals surface area contributed by atoms with Crippen molar-refractivity contribution in [1.29, 1.82) is 0 Å². The smallest absolute Gasteiger partial charge is 0.321 e. The first-order valence-corrected chi connectivity index (χ1v) is 10.1. The molecular weight excluding hydrogens is 364 g/mol. The lowest BCUT2D eigenvalue weighted by atomic mass is 9.85. The number of nitrogens with zero attached hydrogens (tertiary/aromatic N) is 4. The van der Waals surface area contributed by atoms with Crippen LogP contribution in [0.3, 0.4) is 0 Å². The van der Waals surface area contributed by atoms with Crippen molar-refractivity contribution < 1.29 is 9.59 Å². The lowest BCUT2D eigenvalue weighted by molar-refractivity contribution is -0.117. The van der Waals surface area contributed by atoms with E-state index in [2.05, 4.69) is 37.3 Å². The second-order valence-corrected chi connectivity index (χ2v) is 7.61. The number of aromatic nitrogens is 4.